The number of rotatable bonds is 6. The Hall–Kier alpha value is -2.97. The van der Waals surface area contributed by atoms with Crippen LogP contribution in [0.1, 0.15) is 16.7 Å². The molecule has 0 aliphatic carbocycles. The Bertz CT molecular complexity index is 831. The fraction of sp³-hybridized carbons (Fsp3) is 0.222. The predicted octanol–water partition coefficient (Wildman–Crippen LogP) is 3.34. The van der Waals surface area contributed by atoms with Gasteiger partial charge in [0.2, 0.25) is 5.91 Å². The number of alkyl halides is 3. The van der Waals surface area contributed by atoms with Crippen molar-refractivity contribution in [2.75, 3.05) is 0 Å². The van der Waals surface area contributed by atoms with Crippen LogP contribution in [-0.2, 0) is 28.6 Å². The van der Waals surface area contributed by atoms with Crippen molar-refractivity contribution >= 4 is 11.9 Å². The molecule has 0 heterocycles. The van der Waals surface area contributed by atoms with Crippen molar-refractivity contribution in [1.82, 2.24) is 5.32 Å². The molecular formula is C18H14F5NO3. The molecule has 4 nitrogen and oxygen atoms in total. The summed E-state index contributed by atoms with van der Waals surface area (Å²) >= 11 is 0. The van der Waals surface area contributed by atoms with Crippen LogP contribution >= 0.6 is 0 Å². The van der Waals surface area contributed by atoms with E-state index in [-0.39, 0.29) is 11.1 Å². The van der Waals surface area contributed by atoms with Crippen LogP contribution in [0.4, 0.5) is 22.0 Å². The SMILES string of the molecule is O=C(Cc1cc(F)cc(F)c1)N[C@H](Cc1ccccc1C(F)(F)F)C(=O)O. The van der Waals surface area contributed by atoms with E-state index in [2.05, 4.69) is 5.32 Å². The van der Waals surface area contributed by atoms with Gasteiger partial charge in [0.25, 0.3) is 0 Å². The summed E-state index contributed by atoms with van der Waals surface area (Å²) in [4.78, 5) is 23.3. The van der Waals surface area contributed by atoms with Gasteiger partial charge >= 0.3 is 12.1 Å². The molecule has 0 bridgehead atoms. The number of benzene rings is 2. The van der Waals surface area contributed by atoms with Crippen LogP contribution < -0.4 is 5.32 Å². The molecule has 0 unspecified atom stereocenters. The lowest BCUT2D eigenvalue weighted by Crippen LogP contribution is -2.43. The second kappa shape index (κ2) is 8.15. The van der Waals surface area contributed by atoms with Crippen molar-refractivity contribution in [1.29, 1.82) is 0 Å². The van der Waals surface area contributed by atoms with Crippen molar-refractivity contribution < 1.29 is 36.6 Å². The maximum atomic E-state index is 13.1. The zero-order valence-corrected chi connectivity index (χ0v) is 13.7. The first-order chi connectivity index (χ1) is 12.6. The third kappa shape index (κ3) is 5.77. The van der Waals surface area contributed by atoms with Gasteiger partial charge in [-0.15, -0.1) is 0 Å². The predicted molar refractivity (Wildman–Crippen MR) is 84.8 cm³/mol. The number of amides is 1. The first kappa shape index (κ1) is 20.3. The Morgan fingerprint density at radius 3 is 2.19 bits per heavy atom. The van der Waals surface area contributed by atoms with Crippen LogP contribution in [0.3, 0.4) is 0 Å². The number of hydrogen-bond acceptors (Lipinski definition) is 2. The van der Waals surface area contributed by atoms with Crippen molar-refractivity contribution in [2.24, 2.45) is 0 Å². The van der Waals surface area contributed by atoms with Gasteiger partial charge in [-0.2, -0.15) is 13.2 Å². The van der Waals surface area contributed by atoms with Crippen molar-refractivity contribution in [3.05, 3.63) is 70.8 Å². The molecule has 1 amide bonds. The summed E-state index contributed by atoms with van der Waals surface area (Å²) in [6, 6.07) is 5.18. The summed E-state index contributed by atoms with van der Waals surface area (Å²) in [5, 5.41) is 11.3. The first-order valence-corrected chi connectivity index (χ1v) is 7.68. The highest BCUT2D eigenvalue weighted by atomic mass is 19.4. The third-order valence-corrected chi connectivity index (χ3v) is 3.67. The number of nitrogens with one attached hydrogen (secondary N) is 1. The van der Waals surface area contributed by atoms with Crippen LogP contribution in [-0.4, -0.2) is 23.0 Å². The highest BCUT2D eigenvalue weighted by Crippen LogP contribution is 2.32. The molecule has 0 saturated heterocycles. The number of halogens is 5. The van der Waals surface area contributed by atoms with Gasteiger partial charge in [0.05, 0.1) is 12.0 Å². The first-order valence-electron chi connectivity index (χ1n) is 7.68. The molecule has 144 valence electrons. The van der Waals surface area contributed by atoms with E-state index in [9.17, 15) is 36.6 Å². The van der Waals surface area contributed by atoms with Gasteiger partial charge in [0.15, 0.2) is 0 Å². The third-order valence-electron chi connectivity index (χ3n) is 3.67. The van der Waals surface area contributed by atoms with E-state index in [4.69, 9.17) is 0 Å². The summed E-state index contributed by atoms with van der Waals surface area (Å²) in [6.45, 7) is 0. The number of carboxylic acids is 1. The quantitative estimate of drug-likeness (QED) is 0.748. The van der Waals surface area contributed by atoms with Crippen LogP contribution in [0.15, 0.2) is 42.5 Å². The van der Waals surface area contributed by atoms with E-state index in [1.54, 1.807) is 0 Å². The molecular weight excluding hydrogens is 373 g/mol. The van der Waals surface area contributed by atoms with E-state index in [1.807, 2.05) is 0 Å². The molecule has 27 heavy (non-hydrogen) atoms. The standard InChI is InChI=1S/C18H14F5NO3/c19-12-5-10(6-13(20)9-12)7-16(25)24-15(17(26)27)8-11-3-1-2-4-14(11)18(21,22)23/h1-6,9,15H,7-8H2,(H,24,25)(H,26,27)/t15-/m1/s1. The molecule has 2 N–H and O–H groups in total. The molecule has 0 radical (unpaired) electrons. The Labute approximate surface area is 150 Å². The molecule has 0 fully saturated rings. The summed E-state index contributed by atoms with van der Waals surface area (Å²) in [5.74, 6) is -4.25. The topological polar surface area (TPSA) is 66.4 Å². The lowest BCUT2D eigenvalue weighted by Gasteiger charge is -2.18. The summed E-state index contributed by atoms with van der Waals surface area (Å²) < 4.78 is 65.3. The molecule has 9 heteroatoms. The molecule has 0 aliphatic rings. The average molecular weight is 387 g/mol. The second-order valence-corrected chi connectivity index (χ2v) is 5.77. The van der Waals surface area contributed by atoms with E-state index >= 15 is 0 Å². The van der Waals surface area contributed by atoms with Crippen LogP contribution in [0.25, 0.3) is 0 Å². The molecule has 0 aliphatic heterocycles. The zero-order valence-electron chi connectivity index (χ0n) is 13.7. The molecule has 1 atom stereocenters. The van der Waals surface area contributed by atoms with Gasteiger partial charge in [-0.1, -0.05) is 18.2 Å². The van der Waals surface area contributed by atoms with Gasteiger partial charge < -0.3 is 10.4 Å². The van der Waals surface area contributed by atoms with Crippen molar-refractivity contribution in [2.45, 2.75) is 25.1 Å². The van der Waals surface area contributed by atoms with Crippen LogP contribution in [0, 0.1) is 11.6 Å². The fourth-order valence-corrected chi connectivity index (χ4v) is 2.54. The Morgan fingerprint density at radius 1 is 1.04 bits per heavy atom. The van der Waals surface area contributed by atoms with Crippen LogP contribution in [0.5, 0.6) is 0 Å². The number of carbonyl (C=O) groups is 2. The monoisotopic (exact) mass is 387 g/mol. The van der Waals surface area contributed by atoms with Crippen LogP contribution in [0.2, 0.25) is 0 Å². The molecule has 2 rings (SSSR count). The fourth-order valence-electron chi connectivity index (χ4n) is 2.54. The normalized spacial score (nSPS) is 12.5. The largest absolute Gasteiger partial charge is 0.480 e. The van der Waals surface area contributed by atoms with Gasteiger partial charge in [-0.3, -0.25) is 4.79 Å². The van der Waals surface area contributed by atoms with E-state index < -0.39 is 54.1 Å². The summed E-state index contributed by atoms with van der Waals surface area (Å²) in [7, 11) is 0. The molecule has 0 saturated carbocycles. The molecule has 2 aromatic rings. The van der Waals surface area contributed by atoms with Gasteiger partial charge in [-0.25, -0.2) is 13.6 Å². The number of carboxylic acid groups (broad SMARTS) is 1. The van der Waals surface area contributed by atoms with Gasteiger partial charge in [-0.05, 0) is 29.3 Å². The van der Waals surface area contributed by atoms with E-state index in [1.165, 1.54) is 12.1 Å². The maximum absolute atomic E-state index is 13.1. The highest BCUT2D eigenvalue weighted by molar-refractivity contribution is 5.85. The summed E-state index contributed by atoms with van der Waals surface area (Å²) in [5.41, 5.74) is -1.34. The second-order valence-electron chi connectivity index (χ2n) is 5.77. The van der Waals surface area contributed by atoms with Crippen molar-refractivity contribution in [3.8, 4) is 0 Å². The lowest BCUT2D eigenvalue weighted by atomic mass is 9.99. The van der Waals surface area contributed by atoms with E-state index in [0.717, 1.165) is 24.3 Å². The Morgan fingerprint density at radius 2 is 1.63 bits per heavy atom. The number of aliphatic carboxylic acids is 1. The molecule has 0 aromatic heterocycles. The minimum Gasteiger partial charge on any atom is -0.480 e. The average Bonchev–Trinajstić information content (AvgIpc) is 2.52. The smallest absolute Gasteiger partial charge is 0.416 e. The van der Waals surface area contributed by atoms with E-state index in [0.29, 0.717) is 6.07 Å². The number of hydrogen-bond donors (Lipinski definition) is 2. The maximum Gasteiger partial charge on any atom is 0.416 e. The Balaban J connectivity index is 2.15. The van der Waals surface area contributed by atoms with Gasteiger partial charge in [0, 0.05) is 12.5 Å². The number of carbonyl (C=O) groups excluding carboxylic acids is 1. The molecule has 2 aromatic carbocycles. The zero-order chi connectivity index (χ0) is 20.2. The highest BCUT2D eigenvalue weighted by Gasteiger charge is 2.34. The Kier molecular flexibility index (Phi) is 6.14. The minimum atomic E-state index is -4.68. The van der Waals surface area contributed by atoms with Crippen molar-refractivity contribution in [3.63, 3.8) is 0 Å². The lowest BCUT2D eigenvalue weighted by molar-refractivity contribution is -0.142. The van der Waals surface area contributed by atoms with Gasteiger partial charge in [0.1, 0.15) is 17.7 Å². The minimum absolute atomic E-state index is 0.0372. The summed E-state index contributed by atoms with van der Waals surface area (Å²) in [6.07, 6.45) is -5.81. The molecule has 0 spiro atoms.